The number of hydrogen-bond acceptors (Lipinski definition) is 5. The van der Waals surface area contributed by atoms with Gasteiger partial charge in [-0.05, 0) is 37.3 Å². The van der Waals surface area contributed by atoms with E-state index in [4.69, 9.17) is 4.74 Å². The second kappa shape index (κ2) is 8.78. The molecule has 158 valence electrons. The van der Waals surface area contributed by atoms with E-state index in [9.17, 15) is 27.6 Å². The van der Waals surface area contributed by atoms with Crippen molar-refractivity contribution in [2.24, 2.45) is 0 Å². The van der Waals surface area contributed by atoms with Crippen molar-refractivity contribution < 1.29 is 32.3 Å². The zero-order valence-electron chi connectivity index (χ0n) is 15.7. The van der Waals surface area contributed by atoms with E-state index in [1.54, 1.807) is 19.1 Å². The molecule has 1 heterocycles. The van der Waals surface area contributed by atoms with Gasteiger partial charge >= 0.3 is 12.1 Å². The Labute approximate surface area is 174 Å². The number of hydrogen-bond donors (Lipinski definition) is 2. The van der Waals surface area contributed by atoms with Crippen LogP contribution < -0.4 is 10.6 Å². The summed E-state index contributed by atoms with van der Waals surface area (Å²) in [6.45, 7) is 1.84. The van der Waals surface area contributed by atoms with E-state index < -0.39 is 34.8 Å². The molecule has 0 saturated heterocycles. The zero-order valence-corrected chi connectivity index (χ0v) is 16.5. The van der Waals surface area contributed by atoms with Crippen LogP contribution in [0.3, 0.4) is 0 Å². The van der Waals surface area contributed by atoms with Gasteiger partial charge in [-0.2, -0.15) is 13.2 Å². The van der Waals surface area contributed by atoms with E-state index in [1.165, 1.54) is 18.2 Å². The number of para-hydroxylation sites is 1. The van der Waals surface area contributed by atoms with Gasteiger partial charge in [-0.15, -0.1) is 11.8 Å². The lowest BCUT2D eigenvalue weighted by Crippen LogP contribution is -2.32. The van der Waals surface area contributed by atoms with Crippen molar-refractivity contribution in [3.63, 3.8) is 0 Å². The van der Waals surface area contributed by atoms with Gasteiger partial charge in [-0.1, -0.05) is 12.1 Å². The highest BCUT2D eigenvalue weighted by atomic mass is 32.2. The molecule has 0 radical (unpaired) electrons. The Morgan fingerprint density at radius 3 is 2.63 bits per heavy atom. The first kappa shape index (κ1) is 21.7. The van der Waals surface area contributed by atoms with E-state index in [-0.39, 0.29) is 30.0 Å². The van der Waals surface area contributed by atoms with Crippen molar-refractivity contribution in [3.8, 4) is 0 Å². The van der Waals surface area contributed by atoms with E-state index in [1.807, 2.05) is 0 Å². The third-order valence-corrected chi connectivity index (χ3v) is 5.47. The number of ether oxygens (including phenoxy) is 1. The molecule has 0 fully saturated rings. The van der Waals surface area contributed by atoms with Crippen molar-refractivity contribution in [2.75, 3.05) is 17.2 Å². The van der Waals surface area contributed by atoms with Crippen LogP contribution in [0.15, 0.2) is 47.4 Å². The van der Waals surface area contributed by atoms with Crippen LogP contribution in [0.25, 0.3) is 0 Å². The van der Waals surface area contributed by atoms with Crippen LogP contribution in [0.2, 0.25) is 0 Å². The minimum Gasteiger partial charge on any atom is -0.462 e. The number of esters is 1. The van der Waals surface area contributed by atoms with Crippen molar-refractivity contribution >= 4 is 40.9 Å². The van der Waals surface area contributed by atoms with Gasteiger partial charge in [0.15, 0.2) is 0 Å². The maximum absolute atomic E-state index is 12.8. The highest BCUT2D eigenvalue weighted by Crippen LogP contribution is 2.40. The van der Waals surface area contributed by atoms with Crippen LogP contribution in [-0.4, -0.2) is 29.6 Å². The van der Waals surface area contributed by atoms with Gasteiger partial charge in [0.25, 0.3) is 0 Å². The largest absolute Gasteiger partial charge is 0.462 e. The molecule has 0 spiro atoms. The van der Waals surface area contributed by atoms with Gasteiger partial charge in [-0.3, -0.25) is 9.59 Å². The fourth-order valence-electron chi connectivity index (χ4n) is 2.81. The molecule has 2 amide bonds. The lowest BCUT2D eigenvalue weighted by Gasteiger charge is -2.24. The number of nitrogens with one attached hydrogen (secondary N) is 2. The molecular formula is C20H17F3N2O4S. The highest BCUT2D eigenvalue weighted by molar-refractivity contribution is 8.01. The lowest BCUT2D eigenvalue weighted by atomic mass is 10.1. The topological polar surface area (TPSA) is 84.5 Å². The maximum atomic E-state index is 12.8. The van der Waals surface area contributed by atoms with Gasteiger partial charge in [-0.25, -0.2) is 4.79 Å². The Morgan fingerprint density at radius 1 is 1.20 bits per heavy atom. The Balaban J connectivity index is 1.70. The third-order valence-electron chi connectivity index (χ3n) is 4.19. The maximum Gasteiger partial charge on any atom is 0.416 e. The third kappa shape index (κ3) is 4.93. The first-order chi connectivity index (χ1) is 14.2. The SMILES string of the molecule is CCOC(=O)c1ccccc1NC(=O)CC1Sc2ccc(C(F)(F)F)cc2NC1=O. The summed E-state index contributed by atoms with van der Waals surface area (Å²) in [4.78, 5) is 37.2. The van der Waals surface area contributed by atoms with Crippen molar-refractivity contribution in [1.29, 1.82) is 0 Å². The molecule has 2 N–H and O–H groups in total. The molecule has 1 unspecified atom stereocenters. The monoisotopic (exact) mass is 438 g/mol. The second-order valence-electron chi connectivity index (χ2n) is 6.32. The van der Waals surface area contributed by atoms with Crippen molar-refractivity contribution in [1.82, 2.24) is 0 Å². The summed E-state index contributed by atoms with van der Waals surface area (Å²) < 4.78 is 43.5. The molecule has 1 atom stereocenters. The lowest BCUT2D eigenvalue weighted by molar-refractivity contribution is -0.137. The average Bonchev–Trinajstić information content (AvgIpc) is 2.68. The molecule has 0 aromatic heterocycles. The van der Waals surface area contributed by atoms with Gasteiger partial charge in [0.05, 0.1) is 34.4 Å². The Hall–Kier alpha value is -3.01. The minimum atomic E-state index is -4.52. The Bertz CT molecular complexity index is 994. The zero-order chi connectivity index (χ0) is 21.9. The average molecular weight is 438 g/mol. The second-order valence-corrected chi connectivity index (χ2v) is 7.57. The Kier molecular flexibility index (Phi) is 6.35. The van der Waals surface area contributed by atoms with E-state index >= 15 is 0 Å². The number of halogens is 3. The molecule has 3 rings (SSSR count). The number of thioether (sulfide) groups is 1. The smallest absolute Gasteiger partial charge is 0.416 e. The number of amides is 2. The van der Waals surface area contributed by atoms with Crippen LogP contribution in [0.4, 0.5) is 24.5 Å². The predicted molar refractivity (Wildman–Crippen MR) is 105 cm³/mol. The summed E-state index contributed by atoms with van der Waals surface area (Å²) in [7, 11) is 0. The fourth-order valence-corrected chi connectivity index (χ4v) is 3.90. The molecule has 1 aliphatic rings. The first-order valence-electron chi connectivity index (χ1n) is 8.93. The van der Waals surface area contributed by atoms with Crippen LogP contribution in [0.1, 0.15) is 29.3 Å². The summed E-state index contributed by atoms with van der Waals surface area (Å²) in [5.41, 5.74) is -0.381. The summed E-state index contributed by atoms with van der Waals surface area (Å²) in [5, 5.41) is 4.18. The number of alkyl halides is 3. The predicted octanol–water partition coefficient (Wildman–Crippen LogP) is 4.32. The van der Waals surface area contributed by atoms with Gasteiger partial charge in [0, 0.05) is 11.3 Å². The van der Waals surface area contributed by atoms with E-state index in [0.29, 0.717) is 4.90 Å². The van der Waals surface area contributed by atoms with Crippen LogP contribution in [-0.2, 0) is 20.5 Å². The first-order valence-corrected chi connectivity index (χ1v) is 9.81. The molecule has 1 aliphatic heterocycles. The quantitative estimate of drug-likeness (QED) is 0.679. The van der Waals surface area contributed by atoms with Crippen LogP contribution in [0.5, 0.6) is 0 Å². The number of anilines is 2. The summed E-state index contributed by atoms with van der Waals surface area (Å²) in [6.07, 6.45) is -4.75. The summed E-state index contributed by atoms with van der Waals surface area (Å²) >= 11 is 1.01. The van der Waals surface area contributed by atoms with Gasteiger partial charge in [0.1, 0.15) is 0 Å². The number of carbonyl (C=O) groups excluding carboxylic acids is 3. The van der Waals surface area contributed by atoms with Gasteiger partial charge < -0.3 is 15.4 Å². The highest BCUT2D eigenvalue weighted by Gasteiger charge is 2.34. The molecule has 30 heavy (non-hydrogen) atoms. The molecule has 0 aliphatic carbocycles. The number of fused-ring (bicyclic) bond motifs is 1. The number of carbonyl (C=O) groups is 3. The standard InChI is InChI=1S/C20H17F3N2O4S/c1-2-29-19(28)12-5-3-4-6-13(12)24-17(26)10-16-18(27)25-14-9-11(20(21,22)23)7-8-15(14)30-16/h3-9,16H,2,10H2,1H3,(H,24,26)(H,25,27). The van der Waals surface area contributed by atoms with Crippen molar-refractivity contribution in [3.05, 3.63) is 53.6 Å². The Morgan fingerprint density at radius 2 is 1.93 bits per heavy atom. The molecule has 6 nitrogen and oxygen atoms in total. The van der Waals surface area contributed by atoms with Gasteiger partial charge in [0.2, 0.25) is 11.8 Å². The minimum absolute atomic E-state index is 0.0594. The molecule has 2 aromatic rings. The normalized spacial score (nSPS) is 15.7. The van der Waals surface area contributed by atoms with Crippen molar-refractivity contribution in [2.45, 2.75) is 29.7 Å². The van der Waals surface area contributed by atoms with Crippen LogP contribution in [0, 0.1) is 0 Å². The number of benzene rings is 2. The molecule has 10 heteroatoms. The fraction of sp³-hybridized carbons (Fsp3) is 0.250. The van der Waals surface area contributed by atoms with Crippen LogP contribution >= 0.6 is 11.8 Å². The molecular weight excluding hydrogens is 421 g/mol. The molecule has 0 saturated carbocycles. The molecule has 0 bridgehead atoms. The van der Waals surface area contributed by atoms with E-state index in [2.05, 4.69) is 10.6 Å². The number of rotatable bonds is 5. The summed E-state index contributed by atoms with van der Waals surface area (Å²) in [5.74, 6) is -1.68. The molecule has 2 aromatic carbocycles. The summed E-state index contributed by atoms with van der Waals surface area (Å²) in [6, 6.07) is 9.36. The van der Waals surface area contributed by atoms with E-state index in [0.717, 1.165) is 23.9 Å².